The predicted octanol–water partition coefficient (Wildman–Crippen LogP) is 2.81. The van der Waals surface area contributed by atoms with Gasteiger partial charge in [-0.3, -0.25) is 0 Å². The summed E-state index contributed by atoms with van der Waals surface area (Å²) in [6, 6.07) is 8.52. The molecule has 1 aliphatic heterocycles. The molecule has 3 rings (SSSR count). The van der Waals surface area contributed by atoms with Crippen molar-refractivity contribution in [1.82, 2.24) is 9.97 Å². The molecule has 2 heterocycles. The summed E-state index contributed by atoms with van der Waals surface area (Å²) >= 11 is 3.37. The van der Waals surface area contributed by atoms with Crippen molar-refractivity contribution in [3.05, 3.63) is 46.1 Å². The number of hydrogen-bond donors (Lipinski definition) is 0. The van der Waals surface area contributed by atoms with E-state index < -0.39 is 0 Å². The van der Waals surface area contributed by atoms with Crippen molar-refractivity contribution >= 4 is 21.9 Å². The van der Waals surface area contributed by atoms with E-state index in [4.69, 9.17) is 4.74 Å². The zero-order valence-electron chi connectivity index (χ0n) is 10.6. The maximum absolute atomic E-state index is 5.22. The van der Waals surface area contributed by atoms with Crippen LogP contribution in [0.15, 0.2) is 34.9 Å². The lowest BCUT2D eigenvalue weighted by Gasteiger charge is -2.28. The molecular formula is C14H14BrN3O. The van der Waals surface area contributed by atoms with Gasteiger partial charge in [-0.2, -0.15) is 4.98 Å². The largest absolute Gasteiger partial charge is 0.480 e. The number of hydrogen-bond acceptors (Lipinski definition) is 4. The molecule has 0 aliphatic carbocycles. The monoisotopic (exact) mass is 319 g/mol. The molecular weight excluding hydrogens is 306 g/mol. The van der Waals surface area contributed by atoms with Gasteiger partial charge < -0.3 is 9.64 Å². The summed E-state index contributed by atoms with van der Waals surface area (Å²) in [6.45, 7) is 1.78. The Bertz CT molecular complexity index is 603. The van der Waals surface area contributed by atoms with Gasteiger partial charge in [0.2, 0.25) is 11.8 Å². The van der Waals surface area contributed by atoms with Crippen LogP contribution in [-0.4, -0.2) is 23.6 Å². The number of halogens is 1. The van der Waals surface area contributed by atoms with E-state index in [1.54, 1.807) is 13.3 Å². The number of aromatic nitrogens is 2. The molecule has 1 aromatic heterocycles. The number of fused-ring (bicyclic) bond motifs is 1. The maximum Gasteiger partial charge on any atom is 0.232 e. The SMILES string of the molecule is COc1nc(N2CCc3ccccc3C2)ncc1Br. The highest BCUT2D eigenvalue weighted by molar-refractivity contribution is 9.10. The van der Waals surface area contributed by atoms with E-state index in [1.807, 2.05) is 0 Å². The van der Waals surface area contributed by atoms with E-state index >= 15 is 0 Å². The number of rotatable bonds is 2. The van der Waals surface area contributed by atoms with Crippen LogP contribution in [0, 0.1) is 0 Å². The quantitative estimate of drug-likeness (QED) is 0.853. The minimum Gasteiger partial charge on any atom is -0.480 e. The van der Waals surface area contributed by atoms with Crippen LogP contribution in [0.3, 0.4) is 0 Å². The van der Waals surface area contributed by atoms with E-state index in [2.05, 4.69) is 55.1 Å². The Morgan fingerprint density at radius 2 is 2.05 bits per heavy atom. The molecule has 0 saturated heterocycles. The third kappa shape index (κ3) is 2.42. The first-order valence-electron chi connectivity index (χ1n) is 6.16. The van der Waals surface area contributed by atoms with Crippen LogP contribution in [0.5, 0.6) is 5.88 Å². The minimum atomic E-state index is 0.573. The van der Waals surface area contributed by atoms with Gasteiger partial charge in [0.15, 0.2) is 0 Å². The fourth-order valence-corrected chi connectivity index (χ4v) is 2.66. The van der Waals surface area contributed by atoms with E-state index in [1.165, 1.54) is 11.1 Å². The topological polar surface area (TPSA) is 38.2 Å². The Morgan fingerprint density at radius 1 is 1.26 bits per heavy atom. The van der Waals surface area contributed by atoms with Gasteiger partial charge in [-0.15, -0.1) is 0 Å². The van der Waals surface area contributed by atoms with Crippen molar-refractivity contribution in [3.8, 4) is 5.88 Å². The Morgan fingerprint density at radius 3 is 2.84 bits per heavy atom. The highest BCUT2D eigenvalue weighted by Crippen LogP contribution is 2.26. The Kier molecular flexibility index (Phi) is 3.38. The molecule has 0 fully saturated rings. The van der Waals surface area contributed by atoms with Crippen LogP contribution in [0.1, 0.15) is 11.1 Å². The van der Waals surface area contributed by atoms with Crippen LogP contribution in [0.2, 0.25) is 0 Å². The van der Waals surface area contributed by atoms with E-state index in [-0.39, 0.29) is 0 Å². The third-order valence-corrected chi connectivity index (χ3v) is 3.85. The van der Waals surface area contributed by atoms with Crippen LogP contribution in [0.25, 0.3) is 0 Å². The highest BCUT2D eigenvalue weighted by Gasteiger charge is 2.19. The van der Waals surface area contributed by atoms with Gasteiger partial charge in [-0.25, -0.2) is 4.98 Å². The van der Waals surface area contributed by atoms with Crippen LogP contribution >= 0.6 is 15.9 Å². The molecule has 98 valence electrons. The average Bonchev–Trinajstić information content (AvgIpc) is 2.47. The molecule has 0 spiro atoms. The number of nitrogens with zero attached hydrogens (tertiary/aromatic N) is 3. The highest BCUT2D eigenvalue weighted by atomic mass is 79.9. The second-order valence-corrected chi connectivity index (χ2v) is 5.32. The molecule has 1 aromatic carbocycles. The number of methoxy groups -OCH3 is 1. The van der Waals surface area contributed by atoms with Crippen LogP contribution < -0.4 is 9.64 Å². The summed E-state index contributed by atoms with van der Waals surface area (Å²) in [5.41, 5.74) is 2.77. The molecule has 0 radical (unpaired) electrons. The van der Waals surface area contributed by atoms with Gasteiger partial charge in [0.05, 0.1) is 17.8 Å². The first kappa shape index (κ1) is 12.4. The van der Waals surface area contributed by atoms with Crippen LogP contribution in [0.4, 0.5) is 5.95 Å². The summed E-state index contributed by atoms with van der Waals surface area (Å²) < 4.78 is 6.00. The van der Waals surface area contributed by atoms with E-state index in [0.717, 1.165) is 29.9 Å². The third-order valence-electron chi connectivity index (χ3n) is 3.31. The lowest BCUT2D eigenvalue weighted by molar-refractivity contribution is 0.393. The van der Waals surface area contributed by atoms with Crippen LogP contribution in [-0.2, 0) is 13.0 Å². The van der Waals surface area contributed by atoms with E-state index in [0.29, 0.717) is 5.88 Å². The molecule has 0 saturated carbocycles. The fourth-order valence-electron chi connectivity index (χ4n) is 2.30. The first-order valence-corrected chi connectivity index (χ1v) is 6.95. The minimum absolute atomic E-state index is 0.573. The van der Waals surface area contributed by atoms with E-state index in [9.17, 15) is 0 Å². The second-order valence-electron chi connectivity index (χ2n) is 4.47. The Balaban J connectivity index is 1.89. The maximum atomic E-state index is 5.22. The summed E-state index contributed by atoms with van der Waals surface area (Å²) in [5, 5.41) is 0. The molecule has 0 unspecified atom stereocenters. The lowest BCUT2D eigenvalue weighted by Crippen LogP contribution is -2.31. The summed E-state index contributed by atoms with van der Waals surface area (Å²) in [7, 11) is 1.61. The van der Waals surface area contributed by atoms with Crippen molar-refractivity contribution < 1.29 is 4.74 Å². The smallest absolute Gasteiger partial charge is 0.232 e. The predicted molar refractivity (Wildman–Crippen MR) is 77.5 cm³/mol. The molecule has 0 amide bonds. The average molecular weight is 320 g/mol. The number of anilines is 1. The van der Waals surface area contributed by atoms with Crippen molar-refractivity contribution in [1.29, 1.82) is 0 Å². The standard InChI is InChI=1S/C14H14BrN3O/c1-19-13-12(15)8-16-14(17-13)18-7-6-10-4-2-3-5-11(10)9-18/h2-5,8H,6-7,9H2,1H3. The van der Waals surface area contributed by atoms with Crippen molar-refractivity contribution in [2.75, 3.05) is 18.6 Å². The second kappa shape index (κ2) is 5.17. The Labute approximate surface area is 120 Å². The molecule has 0 N–H and O–H groups in total. The van der Waals surface area contributed by atoms with Crippen molar-refractivity contribution in [3.63, 3.8) is 0 Å². The number of benzene rings is 1. The van der Waals surface area contributed by atoms with Gasteiger partial charge in [0.25, 0.3) is 0 Å². The van der Waals surface area contributed by atoms with Crippen molar-refractivity contribution in [2.45, 2.75) is 13.0 Å². The van der Waals surface area contributed by atoms with Crippen molar-refractivity contribution in [2.24, 2.45) is 0 Å². The van der Waals surface area contributed by atoms with Gasteiger partial charge in [0, 0.05) is 13.1 Å². The number of ether oxygens (including phenoxy) is 1. The van der Waals surface area contributed by atoms with Gasteiger partial charge in [0.1, 0.15) is 0 Å². The molecule has 5 heteroatoms. The van der Waals surface area contributed by atoms with Gasteiger partial charge in [-0.1, -0.05) is 24.3 Å². The fraction of sp³-hybridized carbons (Fsp3) is 0.286. The van der Waals surface area contributed by atoms with Gasteiger partial charge in [-0.05, 0) is 33.5 Å². The Hall–Kier alpha value is -1.62. The normalized spacial score (nSPS) is 14.1. The molecule has 2 aromatic rings. The lowest BCUT2D eigenvalue weighted by atomic mass is 10.0. The first-order chi connectivity index (χ1) is 9.28. The molecule has 19 heavy (non-hydrogen) atoms. The summed E-state index contributed by atoms with van der Waals surface area (Å²) in [4.78, 5) is 11.0. The zero-order valence-corrected chi connectivity index (χ0v) is 12.2. The van der Waals surface area contributed by atoms with Gasteiger partial charge >= 0.3 is 0 Å². The molecule has 1 aliphatic rings. The summed E-state index contributed by atoms with van der Waals surface area (Å²) in [6.07, 6.45) is 2.76. The molecule has 0 bridgehead atoms. The zero-order chi connectivity index (χ0) is 13.2. The molecule has 4 nitrogen and oxygen atoms in total. The molecule has 0 atom stereocenters. The summed E-state index contributed by atoms with van der Waals surface area (Å²) in [5.74, 6) is 1.29.